The zero-order valence-corrected chi connectivity index (χ0v) is 15.6. The number of benzene rings is 2. The van der Waals surface area contributed by atoms with E-state index < -0.39 is 0 Å². The van der Waals surface area contributed by atoms with E-state index in [1.54, 1.807) is 12.1 Å². The zero-order chi connectivity index (χ0) is 17.8. The Bertz CT molecular complexity index is 952. The van der Waals surface area contributed by atoms with E-state index in [0.29, 0.717) is 5.56 Å². The van der Waals surface area contributed by atoms with Gasteiger partial charge in [-0.3, -0.25) is 4.79 Å². The molecule has 0 aliphatic rings. The van der Waals surface area contributed by atoms with Gasteiger partial charge in [-0.15, -0.1) is 11.3 Å². The summed E-state index contributed by atoms with van der Waals surface area (Å²) in [5, 5.41) is 2.10. The highest BCUT2D eigenvalue weighted by Gasteiger charge is 2.11. The van der Waals surface area contributed by atoms with E-state index in [2.05, 4.69) is 53.9 Å². The fourth-order valence-electron chi connectivity index (χ4n) is 2.91. The predicted molar refractivity (Wildman–Crippen MR) is 104 cm³/mol. The van der Waals surface area contributed by atoms with Crippen molar-refractivity contribution in [2.75, 3.05) is 0 Å². The molecule has 128 valence electrons. The summed E-state index contributed by atoms with van der Waals surface area (Å²) in [5.74, 6) is -0.195. The number of thiazole rings is 1. The van der Waals surface area contributed by atoms with E-state index >= 15 is 0 Å². The quantitative estimate of drug-likeness (QED) is 0.653. The van der Waals surface area contributed by atoms with E-state index in [0.717, 1.165) is 23.5 Å². The van der Waals surface area contributed by atoms with Crippen LogP contribution in [-0.4, -0.2) is 10.5 Å². The van der Waals surface area contributed by atoms with Gasteiger partial charge in [0.15, 0.2) is 4.80 Å². The van der Waals surface area contributed by atoms with E-state index in [9.17, 15) is 4.79 Å². The van der Waals surface area contributed by atoms with Gasteiger partial charge >= 0.3 is 0 Å². The van der Waals surface area contributed by atoms with E-state index in [4.69, 9.17) is 0 Å². The van der Waals surface area contributed by atoms with Crippen LogP contribution in [0.3, 0.4) is 0 Å². The van der Waals surface area contributed by atoms with Crippen LogP contribution in [0.1, 0.15) is 34.8 Å². The molecule has 0 radical (unpaired) electrons. The lowest BCUT2D eigenvalue weighted by atomic mass is 10.0. The second kappa shape index (κ2) is 7.62. The van der Waals surface area contributed by atoms with Gasteiger partial charge in [0.2, 0.25) is 0 Å². The van der Waals surface area contributed by atoms with Crippen LogP contribution in [-0.2, 0) is 6.54 Å². The van der Waals surface area contributed by atoms with Gasteiger partial charge in [0.05, 0.1) is 5.69 Å². The Balaban J connectivity index is 2.09. The Morgan fingerprint density at radius 3 is 2.56 bits per heavy atom. The van der Waals surface area contributed by atoms with Crippen LogP contribution in [0, 0.1) is 13.8 Å². The summed E-state index contributed by atoms with van der Waals surface area (Å²) in [6.07, 6.45) is 0.987. The summed E-state index contributed by atoms with van der Waals surface area (Å²) < 4.78 is 2.16. The molecule has 2 aromatic carbocycles. The number of aromatic nitrogens is 1. The van der Waals surface area contributed by atoms with Gasteiger partial charge in [-0.05, 0) is 38.0 Å². The first kappa shape index (κ1) is 17.4. The molecule has 0 N–H and O–H groups in total. The molecule has 0 unspecified atom stereocenters. The van der Waals surface area contributed by atoms with Gasteiger partial charge in [0.1, 0.15) is 0 Å². The summed E-state index contributed by atoms with van der Waals surface area (Å²) in [7, 11) is 0. The molecule has 0 bridgehead atoms. The van der Waals surface area contributed by atoms with Crippen molar-refractivity contribution in [2.45, 2.75) is 33.7 Å². The van der Waals surface area contributed by atoms with Crippen LogP contribution < -0.4 is 4.80 Å². The van der Waals surface area contributed by atoms with Crippen LogP contribution in [0.2, 0.25) is 0 Å². The van der Waals surface area contributed by atoms with E-state index in [1.807, 2.05) is 18.2 Å². The monoisotopic (exact) mass is 350 g/mol. The highest BCUT2D eigenvalue weighted by atomic mass is 32.1. The SMILES string of the molecule is CCCn1c(-c2ccc(C)cc2C)cs/c1=N/C(=O)c1ccccc1. The van der Waals surface area contributed by atoms with E-state index in [-0.39, 0.29) is 5.91 Å². The average Bonchev–Trinajstić information content (AvgIpc) is 2.98. The molecule has 3 nitrogen and oxygen atoms in total. The Labute approximate surface area is 152 Å². The maximum atomic E-state index is 12.5. The molecular weight excluding hydrogens is 328 g/mol. The van der Waals surface area contributed by atoms with Crippen molar-refractivity contribution in [1.29, 1.82) is 0 Å². The highest BCUT2D eigenvalue weighted by Crippen LogP contribution is 2.25. The van der Waals surface area contributed by atoms with Gasteiger partial charge in [-0.1, -0.05) is 48.9 Å². The predicted octanol–water partition coefficient (Wildman–Crippen LogP) is 4.98. The normalized spacial score (nSPS) is 11.7. The minimum Gasteiger partial charge on any atom is -0.316 e. The molecule has 1 aromatic heterocycles. The van der Waals surface area contributed by atoms with Crippen LogP contribution in [0.15, 0.2) is 58.9 Å². The molecule has 25 heavy (non-hydrogen) atoms. The van der Waals surface area contributed by atoms with Gasteiger partial charge in [0.25, 0.3) is 5.91 Å². The van der Waals surface area contributed by atoms with Crippen molar-refractivity contribution in [1.82, 2.24) is 4.57 Å². The first-order valence-electron chi connectivity index (χ1n) is 8.50. The molecule has 0 aliphatic carbocycles. The number of aryl methyl sites for hydroxylation is 2. The van der Waals surface area contributed by atoms with Crippen LogP contribution in [0.4, 0.5) is 0 Å². The lowest BCUT2D eigenvalue weighted by molar-refractivity contribution is 0.0998. The van der Waals surface area contributed by atoms with Crippen molar-refractivity contribution in [3.8, 4) is 11.3 Å². The fraction of sp³-hybridized carbons (Fsp3) is 0.238. The number of hydrogen-bond acceptors (Lipinski definition) is 2. The average molecular weight is 350 g/mol. The first-order valence-corrected chi connectivity index (χ1v) is 9.38. The molecule has 3 aromatic rings. The number of hydrogen-bond donors (Lipinski definition) is 0. The molecule has 0 atom stereocenters. The molecule has 0 spiro atoms. The maximum Gasteiger partial charge on any atom is 0.279 e. The van der Waals surface area contributed by atoms with Gasteiger partial charge in [0, 0.05) is 23.1 Å². The standard InChI is InChI=1S/C21H22N2OS/c1-4-12-23-19(18-11-10-15(2)13-16(18)3)14-25-21(23)22-20(24)17-8-6-5-7-9-17/h5-11,13-14H,4,12H2,1-3H3/b22-21+. The van der Waals surface area contributed by atoms with Crippen LogP contribution >= 0.6 is 11.3 Å². The third kappa shape index (κ3) is 3.80. The summed E-state index contributed by atoms with van der Waals surface area (Å²) in [6.45, 7) is 7.21. The molecule has 3 rings (SSSR count). The molecular formula is C21H22N2OS. The number of rotatable bonds is 4. The van der Waals surface area contributed by atoms with Crippen molar-refractivity contribution >= 4 is 17.2 Å². The second-order valence-corrected chi connectivity index (χ2v) is 6.99. The number of carbonyl (C=O) groups is 1. The smallest absolute Gasteiger partial charge is 0.279 e. The Morgan fingerprint density at radius 1 is 1.12 bits per heavy atom. The Kier molecular flexibility index (Phi) is 5.29. The summed E-state index contributed by atoms with van der Waals surface area (Å²) in [4.78, 5) is 17.6. The fourth-order valence-corrected chi connectivity index (χ4v) is 3.83. The minimum atomic E-state index is -0.195. The lowest BCUT2D eigenvalue weighted by Gasteiger charge is -2.10. The lowest BCUT2D eigenvalue weighted by Crippen LogP contribution is -2.18. The first-order chi connectivity index (χ1) is 12.1. The second-order valence-electron chi connectivity index (χ2n) is 6.16. The summed E-state index contributed by atoms with van der Waals surface area (Å²) in [5.41, 5.74) is 5.44. The van der Waals surface area contributed by atoms with Crippen LogP contribution in [0.25, 0.3) is 11.3 Å². The molecule has 0 saturated carbocycles. The van der Waals surface area contributed by atoms with Crippen molar-refractivity contribution in [2.24, 2.45) is 4.99 Å². The van der Waals surface area contributed by atoms with E-state index in [1.165, 1.54) is 28.0 Å². The Hall–Kier alpha value is -2.46. The molecule has 1 amide bonds. The van der Waals surface area contributed by atoms with Gasteiger partial charge in [-0.25, -0.2) is 0 Å². The third-order valence-corrected chi connectivity index (χ3v) is 4.98. The molecule has 0 aliphatic heterocycles. The number of nitrogens with zero attached hydrogens (tertiary/aromatic N) is 2. The number of carbonyl (C=O) groups excluding carboxylic acids is 1. The largest absolute Gasteiger partial charge is 0.316 e. The molecule has 0 saturated heterocycles. The van der Waals surface area contributed by atoms with Gasteiger partial charge < -0.3 is 4.57 Å². The van der Waals surface area contributed by atoms with Crippen molar-refractivity contribution in [3.05, 3.63) is 75.4 Å². The summed E-state index contributed by atoms with van der Waals surface area (Å²) in [6, 6.07) is 15.7. The zero-order valence-electron chi connectivity index (χ0n) is 14.8. The number of amides is 1. The molecule has 1 heterocycles. The molecule has 4 heteroatoms. The van der Waals surface area contributed by atoms with Crippen LogP contribution in [0.5, 0.6) is 0 Å². The third-order valence-electron chi connectivity index (χ3n) is 4.12. The molecule has 0 fully saturated rings. The van der Waals surface area contributed by atoms with Crippen molar-refractivity contribution < 1.29 is 4.79 Å². The summed E-state index contributed by atoms with van der Waals surface area (Å²) >= 11 is 1.52. The highest BCUT2D eigenvalue weighted by molar-refractivity contribution is 7.07. The minimum absolute atomic E-state index is 0.195. The topological polar surface area (TPSA) is 34.4 Å². The maximum absolute atomic E-state index is 12.5. The van der Waals surface area contributed by atoms with Gasteiger partial charge in [-0.2, -0.15) is 4.99 Å². The Morgan fingerprint density at radius 2 is 1.88 bits per heavy atom. The van der Waals surface area contributed by atoms with Crippen molar-refractivity contribution in [3.63, 3.8) is 0 Å².